The van der Waals surface area contributed by atoms with Crippen molar-refractivity contribution in [3.8, 4) is 16.9 Å². The highest BCUT2D eigenvalue weighted by molar-refractivity contribution is 6.01. The number of aromatic nitrogens is 2. The standard InChI is InChI=1S/C23H22N4O3/c28-21-10-11-22(29)26(21)15-5-13-24-23(30)18-8-4-9-19(16-18)27-20(12-14-25-27)17-6-2-1-3-7-17/h1-4,6-9,12,14,16H,5,10-11,13,15H2,(H,24,30). The van der Waals surface area contributed by atoms with Crippen LogP contribution in [0.5, 0.6) is 0 Å². The summed E-state index contributed by atoms with van der Waals surface area (Å²) in [5.74, 6) is -0.468. The van der Waals surface area contributed by atoms with E-state index in [2.05, 4.69) is 10.4 Å². The topological polar surface area (TPSA) is 84.3 Å². The summed E-state index contributed by atoms with van der Waals surface area (Å²) in [7, 11) is 0. The van der Waals surface area contributed by atoms with E-state index >= 15 is 0 Å². The molecule has 2 aromatic carbocycles. The molecule has 4 rings (SSSR count). The van der Waals surface area contributed by atoms with E-state index in [4.69, 9.17) is 0 Å². The average Bonchev–Trinajstić information content (AvgIpc) is 3.39. The lowest BCUT2D eigenvalue weighted by atomic mass is 10.1. The first-order chi connectivity index (χ1) is 14.6. The summed E-state index contributed by atoms with van der Waals surface area (Å²) in [6.45, 7) is 0.725. The van der Waals surface area contributed by atoms with Crippen molar-refractivity contribution in [1.82, 2.24) is 20.0 Å². The molecule has 30 heavy (non-hydrogen) atoms. The van der Waals surface area contributed by atoms with Crippen LogP contribution in [0.2, 0.25) is 0 Å². The Morgan fingerprint density at radius 1 is 0.967 bits per heavy atom. The first-order valence-corrected chi connectivity index (χ1v) is 9.95. The normalized spacial score (nSPS) is 13.7. The summed E-state index contributed by atoms with van der Waals surface area (Å²) in [5.41, 5.74) is 3.29. The van der Waals surface area contributed by atoms with Gasteiger partial charge in [-0.1, -0.05) is 36.4 Å². The van der Waals surface area contributed by atoms with E-state index in [1.807, 2.05) is 48.5 Å². The molecule has 152 valence electrons. The maximum absolute atomic E-state index is 12.6. The van der Waals surface area contributed by atoms with Crippen LogP contribution in [0.1, 0.15) is 29.6 Å². The quantitative estimate of drug-likeness (QED) is 0.487. The lowest BCUT2D eigenvalue weighted by molar-refractivity contribution is -0.138. The van der Waals surface area contributed by atoms with Crippen LogP contribution in [0.4, 0.5) is 0 Å². The minimum atomic E-state index is -0.204. The molecule has 1 fully saturated rings. The van der Waals surface area contributed by atoms with Crippen LogP contribution in [-0.2, 0) is 9.59 Å². The van der Waals surface area contributed by atoms with Crippen molar-refractivity contribution in [2.24, 2.45) is 0 Å². The van der Waals surface area contributed by atoms with Crippen LogP contribution < -0.4 is 5.32 Å². The van der Waals surface area contributed by atoms with E-state index in [1.54, 1.807) is 23.0 Å². The summed E-state index contributed by atoms with van der Waals surface area (Å²) in [4.78, 5) is 37.1. The molecule has 0 radical (unpaired) electrons. The fourth-order valence-corrected chi connectivity index (χ4v) is 3.53. The SMILES string of the molecule is O=C(NCCCN1C(=O)CCC1=O)c1cccc(-n2nccc2-c2ccccc2)c1. The van der Waals surface area contributed by atoms with Crippen LogP contribution in [0.3, 0.4) is 0 Å². The fraction of sp³-hybridized carbons (Fsp3) is 0.217. The second-order valence-electron chi connectivity index (χ2n) is 7.09. The Balaban J connectivity index is 1.40. The lowest BCUT2D eigenvalue weighted by Crippen LogP contribution is -2.33. The van der Waals surface area contributed by atoms with Gasteiger partial charge in [-0.2, -0.15) is 5.10 Å². The van der Waals surface area contributed by atoms with E-state index in [0.29, 0.717) is 25.1 Å². The molecule has 7 nitrogen and oxygen atoms in total. The molecule has 0 spiro atoms. The number of hydrogen-bond donors (Lipinski definition) is 1. The van der Waals surface area contributed by atoms with Gasteiger partial charge in [0.05, 0.1) is 17.6 Å². The maximum Gasteiger partial charge on any atom is 0.251 e. The molecular weight excluding hydrogens is 380 g/mol. The van der Waals surface area contributed by atoms with E-state index in [9.17, 15) is 14.4 Å². The Bertz CT molecular complexity index is 1060. The largest absolute Gasteiger partial charge is 0.352 e. The van der Waals surface area contributed by atoms with Gasteiger partial charge >= 0.3 is 0 Å². The molecule has 0 bridgehead atoms. The highest BCUT2D eigenvalue weighted by Crippen LogP contribution is 2.22. The smallest absolute Gasteiger partial charge is 0.251 e. The summed E-state index contributed by atoms with van der Waals surface area (Å²) in [5, 5.41) is 7.27. The molecule has 1 aromatic heterocycles. The van der Waals surface area contributed by atoms with Crippen molar-refractivity contribution < 1.29 is 14.4 Å². The number of carbonyl (C=O) groups excluding carboxylic acids is 3. The molecule has 1 saturated heterocycles. The zero-order valence-electron chi connectivity index (χ0n) is 16.5. The molecule has 0 aliphatic carbocycles. The van der Waals surface area contributed by atoms with Crippen molar-refractivity contribution in [1.29, 1.82) is 0 Å². The maximum atomic E-state index is 12.6. The van der Waals surface area contributed by atoms with Crippen molar-refractivity contribution in [2.75, 3.05) is 13.1 Å². The minimum absolute atomic E-state index is 0.132. The van der Waals surface area contributed by atoms with E-state index in [0.717, 1.165) is 16.9 Å². The van der Waals surface area contributed by atoms with Crippen LogP contribution in [-0.4, -0.2) is 45.5 Å². The van der Waals surface area contributed by atoms with Gasteiger partial charge in [-0.3, -0.25) is 19.3 Å². The number of nitrogens with zero attached hydrogens (tertiary/aromatic N) is 3. The first kappa shape index (κ1) is 19.6. The summed E-state index contributed by atoms with van der Waals surface area (Å²) < 4.78 is 1.80. The van der Waals surface area contributed by atoms with Gasteiger partial charge in [-0.15, -0.1) is 0 Å². The molecule has 1 N–H and O–H groups in total. The van der Waals surface area contributed by atoms with Gasteiger partial charge in [0.1, 0.15) is 0 Å². The number of nitrogens with one attached hydrogen (secondary N) is 1. The summed E-state index contributed by atoms with van der Waals surface area (Å²) in [6.07, 6.45) is 2.84. The Hall–Kier alpha value is -3.74. The van der Waals surface area contributed by atoms with Gasteiger partial charge in [0.15, 0.2) is 0 Å². The molecule has 1 aliphatic heterocycles. The van der Waals surface area contributed by atoms with Gasteiger partial charge in [-0.25, -0.2) is 4.68 Å². The number of hydrogen-bond acceptors (Lipinski definition) is 4. The number of imide groups is 1. The Morgan fingerprint density at radius 3 is 2.50 bits per heavy atom. The van der Waals surface area contributed by atoms with Gasteiger partial charge < -0.3 is 5.32 Å². The number of benzene rings is 2. The van der Waals surface area contributed by atoms with Crippen LogP contribution in [0.15, 0.2) is 66.9 Å². The zero-order valence-corrected chi connectivity index (χ0v) is 16.5. The second kappa shape index (κ2) is 8.73. The molecule has 1 aliphatic rings. The molecule has 0 saturated carbocycles. The zero-order chi connectivity index (χ0) is 20.9. The number of likely N-dealkylation sites (tertiary alicyclic amines) is 1. The predicted molar refractivity (Wildman–Crippen MR) is 112 cm³/mol. The summed E-state index contributed by atoms with van der Waals surface area (Å²) in [6, 6.07) is 19.1. The van der Waals surface area contributed by atoms with E-state index in [1.165, 1.54) is 4.90 Å². The second-order valence-corrected chi connectivity index (χ2v) is 7.09. The first-order valence-electron chi connectivity index (χ1n) is 9.95. The third-order valence-corrected chi connectivity index (χ3v) is 5.06. The highest BCUT2D eigenvalue weighted by Gasteiger charge is 2.27. The van der Waals surface area contributed by atoms with Crippen molar-refractivity contribution in [2.45, 2.75) is 19.3 Å². The van der Waals surface area contributed by atoms with E-state index < -0.39 is 0 Å². The number of rotatable bonds is 7. The van der Waals surface area contributed by atoms with Gasteiger partial charge in [-0.05, 0) is 30.7 Å². The Morgan fingerprint density at radius 2 is 1.73 bits per heavy atom. The van der Waals surface area contributed by atoms with Crippen LogP contribution in [0, 0.1) is 0 Å². The molecule has 3 aromatic rings. The van der Waals surface area contributed by atoms with Crippen molar-refractivity contribution in [3.63, 3.8) is 0 Å². The molecule has 0 unspecified atom stereocenters. The Labute approximate surface area is 174 Å². The van der Waals surface area contributed by atoms with Crippen molar-refractivity contribution >= 4 is 17.7 Å². The lowest BCUT2D eigenvalue weighted by Gasteiger charge is -2.14. The third kappa shape index (κ3) is 4.15. The average molecular weight is 402 g/mol. The molecule has 0 atom stereocenters. The summed E-state index contributed by atoms with van der Waals surface area (Å²) >= 11 is 0. The Kier molecular flexibility index (Phi) is 5.70. The fourth-order valence-electron chi connectivity index (χ4n) is 3.53. The van der Waals surface area contributed by atoms with Crippen LogP contribution >= 0.6 is 0 Å². The van der Waals surface area contributed by atoms with Gasteiger partial charge in [0.2, 0.25) is 11.8 Å². The van der Waals surface area contributed by atoms with Crippen LogP contribution in [0.25, 0.3) is 16.9 Å². The van der Waals surface area contributed by atoms with Gasteiger partial charge in [0, 0.05) is 37.1 Å². The van der Waals surface area contributed by atoms with Gasteiger partial charge in [0.25, 0.3) is 5.91 Å². The molecule has 2 heterocycles. The monoisotopic (exact) mass is 402 g/mol. The molecule has 3 amide bonds. The van der Waals surface area contributed by atoms with E-state index in [-0.39, 0.29) is 30.6 Å². The highest BCUT2D eigenvalue weighted by atomic mass is 16.2. The molecule has 7 heteroatoms. The number of carbonyl (C=O) groups is 3. The van der Waals surface area contributed by atoms with Crippen molar-refractivity contribution in [3.05, 3.63) is 72.4 Å². The minimum Gasteiger partial charge on any atom is -0.352 e. The number of amides is 3. The predicted octanol–water partition coefficient (Wildman–Crippen LogP) is 2.81. The third-order valence-electron chi connectivity index (χ3n) is 5.06. The molecular formula is C23H22N4O3.